The summed E-state index contributed by atoms with van der Waals surface area (Å²) in [6.07, 6.45) is -1.97. The van der Waals surface area contributed by atoms with Crippen LogP contribution in [0.4, 0.5) is 13.2 Å². The highest BCUT2D eigenvalue weighted by Crippen LogP contribution is 2.31. The summed E-state index contributed by atoms with van der Waals surface area (Å²) >= 11 is 0. The van der Waals surface area contributed by atoms with Gasteiger partial charge in [-0.05, 0) is 50.5 Å². The third kappa shape index (κ3) is 5.56. The van der Waals surface area contributed by atoms with Gasteiger partial charge in [0.25, 0.3) is 5.91 Å². The Morgan fingerprint density at radius 1 is 1.21 bits per heavy atom. The van der Waals surface area contributed by atoms with E-state index >= 15 is 4.39 Å². The number of aliphatic hydroxyl groups is 1. The van der Waals surface area contributed by atoms with E-state index in [1.165, 1.54) is 51.1 Å². The Labute approximate surface area is 191 Å². The number of alkyl halides is 1. The number of halogens is 3. The second kappa shape index (κ2) is 9.44. The minimum absolute atomic E-state index is 0.102. The predicted molar refractivity (Wildman–Crippen MR) is 119 cm³/mol. The molecule has 1 fully saturated rings. The molecule has 180 valence electrons. The summed E-state index contributed by atoms with van der Waals surface area (Å²) in [7, 11) is -3.84. The van der Waals surface area contributed by atoms with E-state index in [-0.39, 0.29) is 23.3 Å². The molecule has 3 rings (SSSR count). The molecule has 0 radical (unpaired) electrons. The summed E-state index contributed by atoms with van der Waals surface area (Å²) in [5, 5.41) is 10.2. The fourth-order valence-corrected chi connectivity index (χ4v) is 4.86. The molecular formula is C23H27F3N2O4S. The lowest BCUT2D eigenvalue weighted by molar-refractivity contribution is -0.149. The highest BCUT2D eigenvalue weighted by Gasteiger charge is 2.48. The molecular weight excluding hydrogens is 457 g/mol. The molecule has 0 saturated carbocycles. The van der Waals surface area contributed by atoms with E-state index in [0.717, 1.165) is 4.90 Å². The molecule has 1 aliphatic heterocycles. The summed E-state index contributed by atoms with van der Waals surface area (Å²) in [4.78, 5) is 13.9. The lowest BCUT2D eigenvalue weighted by atomic mass is 9.95. The number of carbonyl (C=O) groups is 1. The molecule has 2 aromatic carbocycles. The molecule has 1 saturated heterocycles. The van der Waals surface area contributed by atoms with Gasteiger partial charge in [-0.1, -0.05) is 30.3 Å². The number of likely N-dealkylation sites (tertiary alicyclic amines) is 1. The number of rotatable bonds is 7. The highest BCUT2D eigenvalue weighted by atomic mass is 32.2. The van der Waals surface area contributed by atoms with Crippen molar-refractivity contribution in [2.75, 3.05) is 12.3 Å². The molecule has 0 spiro atoms. The van der Waals surface area contributed by atoms with Crippen molar-refractivity contribution in [3.8, 4) is 11.1 Å². The third-order valence-electron chi connectivity index (χ3n) is 5.70. The fourth-order valence-electron chi connectivity index (χ4n) is 3.98. The first-order valence-corrected chi connectivity index (χ1v) is 12.2. The molecule has 2 N–H and O–H groups in total. The zero-order valence-electron chi connectivity index (χ0n) is 18.6. The van der Waals surface area contributed by atoms with Crippen molar-refractivity contribution in [2.45, 2.75) is 51.0 Å². The van der Waals surface area contributed by atoms with E-state index in [9.17, 15) is 27.1 Å². The lowest BCUT2D eigenvalue weighted by Crippen LogP contribution is -2.53. The number of carbonyl (C=O) groups excluding carboxylic acids is 1. The van der Waals surface area contributed by atoms with Gasteiger partial charge in [0, 0.05) is 5.56 Å². The van der Waals surface area contributed by atoms with Crippen LogP contribution in [0.25, 0.3) is 11.1 Å². The molecule has 1 heterocycles. The van der Waals surface area contributed by atoms with E-state index in [1.54, 1.807) is 12.1 Å². The molecule has 10 heteroatoms. The smallest absolute Gasteiger partial charge is 0.254 e. The number of nitrogens with zero attached hydrogens (tertiary/aromatic N) is 1. The number of hydrogen-bond acceptors (Lipinski definition) is 4. The zero-order valence-corrected chi connectivity index (χ0v) is 19.4. The average molecular weight is 485 g/mol. The fraction of sp³-hybridized carbons (Fsp3) is 0.435. The molecule has 0 bridgehead atoms. The average Bonchev–Trinajstić information content (AvgIpc) is 3.03. The molecule has 3 atom stereocenters. The third-order valence-corrected chi connectivity index (χ3v) is 7.09. The number of amides is 1. The Kier molecular flexibility index (Phi) is 7.21. The van der Waals surface area contributed by atoms with Crippen LogP contribution in [0.1, 0.15) is 26.3 Å². The molecule has 2 aromatic rings. The van der Waals surface area contributed by atoms with Crippen LogP contribution in [0.15, 0.2) is 42.5 Å². The van der Waals surface area contributed by atoms with Gasteiger partial charge in [0.15, 0.2) is 0 Å². The zero-order chi connectivity index (χ0) is 24.6. The standard InChI is InChI=1S/C23H27F3N2O4S/c1-4-33(31,32)27-21-18(25)13-28(22(29)23(2,3)30)19(21)12-15-8-6-10-17(20(15)26)14-7-5-9-16(24)11-14/h5-11,18-19,21,27,30H,4,12-13H2,1-3H3/t18-,19-,21-/m0/s1. The summed E-state index contributed by atoms with van der Waals surface area (Å²) < 4.78 is 70.7. The molecule has 0 unspecified atom stereocenters. The highest BCUT2D eigenvalue weighted by molar-refractivity contribution is 7.89. The molecule has 0 aromatic heterocycles. The summed E-state index contributed by atoms with van der Waals surface area (Å²) in [6.45, 7) is 3.43. The Morgan fingerprint density at radius 2 is 1.88 bits per heavy atom. The van der Waals surface area contributed by atoms with E-state index in [2.05, 4.69) is 4.72 Å². The Balaban J connectivity index is 2.02. The Hall–Kier alpha value is -2.43. The second-order valence-electron chi connectivity index (χ2n) is 8.64. The van der Waals surface area contributed by atoms with Crippen LogP contribution >= 0.6 is 0 Å². The van der Waals surface area contributed by atoms with Crippen LogP contribution in [0, 0.1) is 11.6 Å². The predicted octanol–water partition coefficient (Wildman–Crippen LogP) is 2.80. The minimum atomic E-state index is -3.84. The van der Waals surface area contributed by atoms with Crippen LogP contribution in [0.3, 0.4) is 0 Å². The van der Waals surface area contributed by atoms with Crippen molar-refractivity contribution >= 4 is 15.9 Å². The molecule has 33 heavy (non-hydrogen) atoms. The Bertz CT molecular complexity index is 1130. The van der Waals surface area contributed by atoms with Gasteiger partial charge in [0.2, 0.25) is 10.0 Å². The minimum Gasteiger partial charge on any atom is -0.381 e. The van der Waals surface area contributed by atoms with Gasteiger partial charge in [-0.15, -0.1) is 0 Å². The molecule has 6 nitrogen and oxygen atoms in total. The van der Waals surface area contributed by atoms with E-state index < -0.39 is 58.0 Å². The van der Waals surface area contributed by atoms with Gasteiger partial charge in [-0.3, -0.25) is 4.79 Å². The van der Waals surface area contributed by atoms with Crippen LogP contribution in [0.5, 0.6) is 0 Å². The van der Waals surface area contributed by atoms with Crippen LogP contribution in [0.2, 0.25) is 0 Å². The molecule has 0 aliphatic carbocycles. The monoisotopic (exact) mass is 484 g/mol. The second-order valence-corrected chi connectivity index (χ2v) is 10.7. The van der Waals surface area contributed by atoms with Crippen LogP contribution in [-0.4, -0.2) is 60.5 Å². The summed E-state index contributed by atoms with van der Waals surface area (Å²) in [5.41, 5.74) is -1.31. The maximum Gasteiger partial charge on any atom is 0.254 e. The van der Waals surface area contributed by atoms with Gasteiger partial charge in [0.05, 0.1) is 24.4 Å². The van der Waals surface area contributed by atoms with E-state index in [4.69, 9.17) is 0 Å². The first-order valence-electron chi connectivity index (χ1n) is 10.5. The topological polar surface area (TPSA) is 86.7 Å². The maximum absolute atomic E-state index is 15.4. The molecule has 1 amide bonds. The van der Waals surface area contributed by atoms with E-state index in [1.807, 2.05) is 0 Å². The normalized spacial score (nSPS) is 21.4. The quantitative estimate of drug-likeness (QED) is 0.633. The largest absolute Gasteiger partial charge is 0.381 e. The van der Waals surface area contributed by atoms with Gasteiger partial charge in [-0.25, -0.2) is 26.3 Å². The Morgan fingerprint density at radius 3 is 2.48 bits per heavy atom. The van der Waals surface area contributed by atoms with Gasteiger partial charge < -0.3 is 10.0 Å². The summed E-state index contributed by atoms with van der Waals surface area (Å²) in [6, 6.07) is 7.46. The first-order chi connectivity index (χ1) is 15.3. The number of benzene rings is 2. The lowest BCUT2D eigenvalue weighted by Gasteiger charge is -2.32. The number of nitrogens with one attached hydrogen (secondary N) is 1. The van der Waals surface area contributed by atoms with Crippen molar-refractivity contribution < 1.29 is 31.5 Å². The maximum atomic E-state index is 15.4. The van der Waals surface area contributed by atoms with Crippen molar-refractivity contribution in [1.29, 1.82) is 0 Å². The van der Waals surface area contributed by atoms with E-state index in [0.29, 0.717) is 5.56 Å². The van der Waals surface area contributed by atoms with Crippen molar-refractivity contribution in [2.24, 2.45) is 0 Å². The van der Waals surface area contributed by atoms with Crippen LogP contribution in [-0.2, 0) is 21.2 Å². The number of sulfonamides is 1. The summed E-state index contributed by atoms with van der Waals surface area (Å²) in [5.74, 6) is -2.32. The van der Waals surface area contributed by atoms with Crippen molar-refractivity contribution in [3.05, 3.63) is 59.7 Å². The van der Waals surface area contributed by atoms with Gasteiger partial charge in [-0.2, -0.15) is 0 Å². The number of hydrogen-bond donors (Lipinski definition) is 2. The van der Waals surface area contributed by atoms with Crippen molar-refractivity contribution in [3.63, 3.8) is 0 Å². The van der Waals surface area contributed by atoms with Gasteiger partial charge >= 0.3 is 0 Å². The molecule has 1 aliphatic rings. The van der Waals surface area contributed by atoms with Crippen molar-refractivity contribution in [1.82, 2.24) is 9.62 Å². The SMILES string of the molecule is CCS(=O)(=O)N[C@H]1[C@@H](F)CN(C(=O)C(C)(C)O)[C@H]1Cc1cccc(-c2cccc(F)c2)c1F. The first kappa shape index (κ1) is 25.2. The van der Waals surface area contributed by atoms with Crippen LogP contribution < -0.4 is 4.72 Å². The van der Waals surface area contributed by atoms with Gasteiger partial charge in [0.1, 0.15) is 23.4 Å².